The Kier molecular flexibility index (Phi) is 3.89. The van der Waals surface area contributed by atoms with Crippen molar-refractivity contribution in [1.82, 2.24) is 0 Å². The number of rotatable bonds is 1. The third kappa shape index (κ3) is 2.71. The van der Waals surface area contributed by atoms with E-state index in [1.807, 2.05) is 25.1 Å². The summed E-state index contributed by atoms with van der Waals surface area (Å²) in [5.41, 5.74) is 2.88. The lowest BCUT2D eigenvalue weighted by molar-refractivity contribution is 1.47. The lowest BCUT2D eigenvalue weighted by atomic mass is 10.0. The minimum atomic E-state index is 0.371. The second-order valence-electron chi connectivity index (χ2n) is 3.72. The Balaban J connectivity index is 2.57. The van der Waals surface area contributed by atoms with Crippen LogP contribution in [0.2, 0.25) is 20.1 Å². The van der Waals surface area contributed by atoms with Crippen LogP contribution in [0.1, 0.15) is 5.56 Å². The summed E-state index contributed by atoms with van der Waals surface area (Å²) in [5, 5.41) is 1.96. The molecule has 88 valence electrons. The van der Waals surface area contributed by atoms with Gasteiger partial charge in [-0.1, -0.05) is 58.5 Å². The molecular formula is C13H8Cl4. The standard InChI is InChI=1S/C13H8Cl4/c1-7-2-3-8(4-10(7)14)9-5-11(15)13(17)12(16)6-9/h2-6H,1H3. The molecule has 0 amide bonds. The van der Waals surface area contributed by atoms with Crippen LogP contribution >= 0.6 is 46.4 Å². The van der Waals surface area contributed by atoms with Crippen molar-refractivity contribution >= 4 is 46.4 Å². The first-order chi connectivity index (χ1) is 7.99. The molecule has 2 aromatic carbocycles. The van der Waals surface area contributed by atoms with E-state index in [1.54, 1.807) is 12.1 Å². The fraction of sp³-hybridized carbons (Fsp3) is 0.0769. The van der Waals surface area contributed by atoms with E-state index >= 15 is 0 Å². The lowest BCUT2D eigenvalue weighted by Gasteiger charge is -2.07. The van der Waals surface area contributed by atoms with Gasteiger partial charge in [-0.15, -0.1) is 0 Å². The Hall–Kier alpha value is -0.400. The highest BCUT2D eigenvalue weighted by molar-refractivity contribution is 6.48. The summed E-state index contributed by atoms with van der Waals surface area (Å²) in [6.45, 7) is 1.95. The number of aryl methyl sites for hydroxylation is 1. The highest BCUT2D eigenvalue weighted by Crippen LogP contribution is 2.35. The molecule has 0 saturated heterocycles. The van der Waals surface area contributed by atoms with Crippen molar-refractivity contribution in [3.8, 4) is 11.1 Å². The first-order valence-corrected chi connectivity index (χ1v) is 6.41. The monoisotopic (exact) mass is 304 g/mol. The summed E-state index contributed by atoms with van der Waals surface area (Å²) in [7, 11) is 0. The second kappa shape index (κ2) is 5.07. The normalized spacial score (nSPS) is 10.6. The molecule has 0 saturated carbocycles. The minimum absolute atomic E-state index is 0.371. The van der Waals surface area contributed by atoms with Crippen molar-refractivity contribution in [3.63, 3.8) is 0 Å². The molecular weight excluding hydrogens is 298 g/mol. The van der Waals surface area contributed by atoms with E-state index in [1.165, 1.54) is 0 Å². The maximum atomic E-state index is 6.08. The van der Waals surface area contributed by atoms with Gasteiger partial charge in [-0.25, -0.2) is 0 Å². The Morgan fingerprint density at radius 1 is 0.706 bits per heavy atom. The summed E-state index contributed by atoms with van der Waals surface area (Å²) in [4.78, 5) is 0. The van der Waals surface area contributed by atoms with Gasteiger partial charge in [-0.05, 0) is 41.8 Å². The molecule has 17 heavy (non-hydrogen) atoms. The molecule has 0 aliphatic rings. The lowest BCUT2D eigenvalue weighted by Crippen LogP contribution is -1.82. The SMILES string of the molecule is Cc1ccc(-c2cc(Cl)c(Cl)c(Cl)c2)cc1Cl. The summed E-state index contributed by atoms with van der Waals surface area (Å²) in [5.74, 6) is 0. The number of halogens is 4. The molecule has 0 heterocycles. The van der Waals surface area contributed by atoms with E-state index in [2.05, 4.69) is 0 Å². The molecule has 0 aliphatic heterocycles. The highest BCUT2D eigenvalue weighted by atomic mass is 35.5. The topological polar surface area (TPSA) is 0 Å². The van der Waals surface area contributed by atoms with Crippen LogP contribution in [-0.4, -0.2) is 0 Å². The molecule has 0 atom stereocenters. The van der Waals surface area contributed by atoms with E-state index in [0.29, 0.717) is 20.1 Å². The maximum absolute atomic E-state index is 6.08. The van der Waals surface area contributed by atoms with E-state index in [9.17, 15) is 0 Å². The molecule has 0 aromatic heterocycles. The van der Waals surface area contributed by atoms with Gasteiger partial charge in [0.25, 0.3) is 0 Å². The van der Waals surface area contributed by atoms with Crippen molar-refractivity contribution in [2.24, 2.45) is 0 Å². The van der Waals surface area contributed by atoms with Crippen LogP contribution in [0.25, 0.3) is 11.1 Å². The molecule has 0 N–H and O–H groups in total. The Labute approximate surface area is 120 Å². The fourth-order valence-electron chi connectivity index (χ4n) is 1.49. The molecule has 0 nitrogen and oxygen atoms in total. The number of hydrogen-bond acceptors (Lipinski definition) is 0. The largest absolute Gasteiger partial charge is 0.0840 e. The van der Waals surface area contributed by atoms with Crippen LogP contribution in [-0.2, 0) is 0 Å². The molecule has 0 bridgehead atoms. The van der Waals surface area contributed by atoms with Crippen LogP contribution in [0.15, 0.2) is 30.3 Å². The van der Waals surface area contributed by atoms with Gasteiger partial charge in [-0.2, -0.15) is 0 Å². The highest BCUT2D eigenvalue weighted by Gasteiger charge is 2.08. The molecule has 0 spiro atoms. The van der Waals surface area contributed by atoms with Gasteiger partial charge in [0.2, 0.25) is 0 Å². The second-order valence-corrected chi connectivity index (χ2v) is 5.32. The average Bonchev–Trinajstić information content (AvgIpc) is 2.29. The predicted octanol–water partition coefficient (Wildman–Crippen LogP) is 6.28. The summed E-state index contributed by atoms with van der Waals surface area (Å²) in [6.07, 6.45) is 0. The van der Waals surface area contributed by atoms with E-state index in [0.717, 1.165) is 16.7 Å². The van der Waals surface area contributed by atoms with Gasteiger partial charge < -0.3 is 0 Å². The third-order valence-electron chi connectivity index (χ3n) is 2.49. The molecule has 0 radical (unpaired) electrons. The molecule has 2 aromatic rings. The number of benzene rings is 2. The summed E-state index contributed by atoms with van der Waals surface area (Å²) in [6, 6.07) is 9.35. The number of hydrogen-bond donors (Lipinski definition) is 0. The predicted molar refractivity (Wildman–Crippen MR) is 76.7 cm³/mol. The third-order valence-corrected chi connectivity index (χ3v) is 4.09. The van der Waals surface area contributed by atoms with Gasteiger partial charge in [0.05, 0.1) is 15.1 Å². The molecule has 0 unspecified atom stereocenters. The van der Waals surface area contributed by atoms with Gasteiger partial charge in [0.15, 0.2) is 0 Å². The van der Waals surface area contributed by atoms with Crippen LogP contribution in [0.5, 0.6) is 0 Å². The minimum Gasteiger partial charge on any atom is -0.0840 e. The average molecular weight is 306 g/mol. The van der Waals surface area contributed by atoms with Gasteiger partial charge in [-0.3, -0.25) is 0 Å². The Morgan fingerprint density at radius 3 is 1.76 bits per heavy atom. The van der Waals surface area contributed by atoms with Crippen molar-refractivity contribution in [2.45, 2.75) is 6.92 Å². The smallest absolute Gasteiger partial charge is 0.0778 e. The van der Waals surface area contributed by atoms with Crippen molar-refractivity contribution in [3.05, 3.63) is 56.0 Å². The van der Waals surface area contributed by atoms with E-state index in [-0.39, 0.29) is 0 Å². The van der Waals surface area contributed by atoms with Crippen molar-refractivity contribution in [1.29, 1.82) is 0 Å². The molecule has 0 aliphatic carbocycles. The maximum Gasteiger partial charge on any atom is 0.0778 e. The zero-order valence-electron chi connectivity index (χ0n) is 8.90. The molecule has 0 fully saturated rings. The van der Waals surface area contributed by atoms with Gasteiger partial charge in [0.1, 0.15) is 0 Å². The van der Waals surface area contributed by atoms with Crippen LogP contribution < -0.4 is 0 Å². The first kappa shape index (κ1) is 13.0. The zero-order chi connectivity index (χ0) is 12.6. The van der Waals surface area contributed by atoms with Crippen LogP contribution in [0.4, 0.5) is 0 Å². The van der Waals surface area contributed by atoms with E-state index in [4.69, 9.17) is 46.4 Å². The molecule has 4 heteroatoms. The summed E-state index contributed by atoms with van der Waals surface area (Å²) >= 11 is 24.0. The van der Waals surface area contributed by atoms with Crippen LogP contribution in [0, 0.1) is 6.92 Å². The van der Waals surface area contributed by atoms with Crippen molar-refractivity contribution < 1.29 is 0 Å². The Morgan fingerprint density at radius 2 is 1.24 bits per heavy atom. The first-order valence-electron chi connectivity index (χ1n) is 4.90. The van der Waals surface area contributed by atoms with Gasteiger partial charge in [0, 0.05) is 5.02 Å². The summed E-state index contributed by atoms with van der Waals surface area (Å²) < 4.78 is 0. The fourth-order valence-corrected chi connectivity index (χ4v) is 2.27. The Bertz CT molecular complexity index is 553. The molecule has 2 rings (SSSR count). The van der Waals surface area contributed by atoms with Gasteiger partial charge >= 0.3 is 0 Å². The zero-order valence-corrected chi connectivity index (χ0v) is 11.9. The van der Waals surface area contributed by atoms with E-state index < -0.39 is 0 Å². The van der Waals surface area contributed by atoms with Crippen molar-refractivity contribution in [2.75, 3.05) is 0 Å². The quantitative estimate of drug-likeness (QED) is 0.544. The van der Waals surface area contributed by atoms with Crippen LogP contribution in [0.3, 0.4) is 0 Å².